The Kier molecular flexibility index (Phi) is 8.79. The first kappa shape index (κ1) is 26.9. The van der Waals surface area contributed by atoms with Gasteiger partial charge in [-0.05, 0) is 43.4 Å². The number of ether oxygens (including phenoxy) is 2. The molecule has 3 aliphatic rings. The molecule has 0 spiro atoms. The van der Waals surface area contributed by atoms with Crippen LogP contribution in [0.15, 0.2) is 24.3 Å². The molecule has 5 N–H and O–H groups in total. The maximum Gasteiger partial charge on any atom is 0.240 e. The summed E-state index contributed by atoms with van der Waals surface area (Å²) >= 11 is 1.26. The standard InChI is InChI=1S/C26H40N2O6S/c1-13(2)18(24-21(30)20(29)22(31)26(34-24)35-4)28-25(32)19-23-17(12-27-19)11-16(9-10-33-23)15-7-5-14(3)6-8-15/h5-8,13,16-24,26-27,29-31H,9-12H2,1-4H3,(H,28,32)/t16-,17+,18-,19+,20?,21?,22-,23-,24-,26?/m1/s1. The lowest BCUT2D eigenvalue weighted by Gasteiger charge is -2.44. The van der Waals surface area contributed by atoms with Crippen molar-refractivity contribution in [2.24, 2.45) is 11.8 Å². The van der Waals surface area contributed by atoms with Gasteiger partial charge in [0.1, 0.15) is 35.9 Å². The summed E-state index contributed by atoms with van der Waals surface area (Å²) in [6.45, 7) is 7.27. The third-order valence-corrected chi connectivity index (χ3v) is 8.66. The Balaban J connectivity index is 1.44. The molecule has 4 rings (SSSR count). The minimum absolute atomic E-state index is 0.0679. The van der Waals surface area contributed by atoms with Gasteiger partial charge in [-0.25, -0.2) is 0 Å². The first-order valence-corrected chi connectivity index (χ1v) is 13.9. The van der Waals surface area contributed by atoms with Crippen LogP contribution in [-0.2, 0) is 14.3 Å². The predicted molar refractivity (Wildman–Crippen MR) is 135 cm³/mol. The van der Waals surface area contributed by atoms with Gasteiger partial charge in [0, 0.05) is 19.1 Å². The van der Waals surface area contributed by atoms with Crippen LogP contribution in [0.25, 0.3) is 0 Å². The summed E-state index contributed by atoms with van der Waals surface area (Å²) in [7, 11) is 0. The topological polar surface area (TPSA) is 120 Å². The highest BCUT2D eigenvalue weighted by molar-refractivity contribution is 7.99. The van der Waals surface area contributed by atoms with Crippen LogP contribution in [0.5, 0.6) is 0 Å². The van der Waals surface area contributed by atoms with Crippen molar-refractivity contribution in [2.75, 3.05) is 19.4 Å². The highest BCUT2D eigenvalue weighted by atomic mass is 32.2. The maximum atomic E-state index is 13.5. The number of rotatable bonds is 6. The van der Waals surface area contributed by atoms with E-state index in [1.807, 2.05) is 13.8 Å². The number of benzene rings is 1. The monoisotopic (exact) mass is 508 g/mol. The van der Waals surface area contributed by atoms with Crippen LogP contribution in [0.1, 0.15) is 43.7 Å². The molecule has 0 bridgehead atoms. The van der Waals surface area contributed by atoms with Crippen LogP contribution >= 0.6 is 11.8 Å². The van der Waals surface area contributed by atoms with Crippen molar-refractivity contribution in [3.8, 4) is 0 Å². The summed E-state index contributed by atoms with van der Waals surface area (Å²) in [4.78, 5) is 13.5. The molecule has 35 heavy (non-hydrogen) atoms. The molecule has 3 aliphatic heterocycles. The molecule has 1 amide bonds. The molecule has 1 aromatic carbocycles. The summed E-state index contributed by atoms with van der Waals surface area (Å²) in [6, 6.07) is 7.65. The smallest absolute Gasteiger partial charge is 0.240 e. The molecule has 0 radical (unpaired) electrons. The second-order valence-corrected chi connectivity index (χ2v) is 11.5. The summed E-state index contributed by atoms with van der Waals surface area (Å²) in [5.74, 6) is 0.370. The number of nitrogens with one attached hydrogen (secondary N) is 2. The number of hydrogen-bond donors (Lipinski definition) is 5. The Labute approximate surface area is 212 Å². The lowest BCUT2D eigenvalue weighted by atomic mass is 9.85. The molecule has 1 aromatic rings. The van der Waals surface area contributed by atoms with Crippen LogP contribution in [0.2, 0.25) is 0 Å². The van der Waals surface area contributed by atoms with Gasteiger partial charge in [0.2, 0.25) is 5.91 Å². The van der Waals surface area contributed by atoms with Crippen molar-refractivity contribution in [3.05, 3.63) is 35.4 Å². The van der Waals surface area contributed by atoms with E-state index in [1.165, 1.54) is 22.9 Å². The average molecular weight is 509 g/mol. The molecule has 0 aromatic heterocycles. The van der Waals surface area contributed by atoms with E-state index in [4.69, 9.17) is 9.47 Å². The van der Waals surface area contributed by atoms with Crippen molar-refractivity contribution < 1.29 is 29.6 Å². The number of aliphatic hydroxyl groups excluding tert-OH is 3. The number of fused-ring (bicyclic) bond motifs is 1. The molecule has 3 unspecified atom stereocenters. The van der Waals surface area contributed by atoms with E-state index >= 15 is 0 Å². The first-order chi connectivity index (χ1) is 16.7. The van der Waals surface area contributed by atoms with Gasteiger partial charge in [-0.1, -0.05) is 43.7 Å². The van der Waals surface area contributed by atoms with E-state index in [-0.39, 0.29) is 23.8 Å². The van der Waals surface area contributed by atoms with Gasteiger partial charge < -0.3 is 35.4 Å². The highest BCUT2D eigenvalue weighted by Crippen LogP contribution is 2.36. The average Bonchev–Trinajstić information content (AvgIpc) is 3.12. The largest absolute Gasteiger partial charge is 0.388 e. The molecule has 8 nitrogen and oxygen atoms in total. The van der Waals surface area contributed by atoms with Gasteiger partial charge >= 0.3 is 0 Å². The fraction of sp³-hybridized carbons (Fsp3) is 0.731. The molecule has 0 saturated carbocycles. The zero-order chi connectivity index (χ0) is 25.3. The van der Waals surface area contributed by atoms with Gasteiger partial charge in [-0.15, -0.1) is 11.8 Å². The molecular weight excluding hydrogens is 468 g/mol. The Morgan fingerprint density at radius 1 is 1.14 bits per heavy atom. The minimum Gasteiger partial charge on any atom is -0.388 e. The van der Waals surface area contributed by atoms with E-state index in [0.29, 0.717) is 19.1 Å². The predicted octanol–water partition coefficient (Wildman–Crippen LogP) is 1.16. The van der Waals surface area contributed by atoms with Crippen LogP contribution in [0.3, 0.4) is 0 Å². The second-order valence-electron chi connectivity index (χ2n) is 10.6. The SMILES string of the molecule is CSC1O[C@H]([C@H](NC(=O)[C@H]2NC[C@@H]3C[C@H](c4ccc(C)cc4)CCO[C@H]32)C(C)C)C(O)C(O)[C@H]1O. The summed E-state index contributed by atoms with van der Waals surface area (Å²) in [6.07, 6.45) is -1.25. The van der Waals surface area contributed by atoms with Gasteiger partial charge in [-0.2, -0.15) is 0 Å². The lowest BCUT2D eigenvalue weighted by Crippen LogP contribution is -2.65. The number of carbonyl (C=O) groups is 1. The van der Waals surface area contributed by atoms with Crippen LogP contribution in [0, 0.1) is 18.8 Å². The molecular formula is C26H40N2O6S. The lowest BCUT2D eigenvalue weighted by molar-refractivity contribution is -0.208. The normalized spacial score (nSPS) is 38.6. The Morgan fingerprint density at radius 3 is 2.51 bits per heavy atom. The molecule has 3 heterocycles. The zero-order valence-corrected chi connectivity index (χ0v) is 21.8. The summed E-state index contributed by atoms with van der Waals surface area (Å²) in [5, 5.41) is 37.7. The molecule has 9 heteroatoms. The number of thioether (sulfide) groups is 1. The number of amides is 1. The molecule has 3 saturated heterocycles. The van der Waals surface area contributed by atoms with E-state index in [9.17, 15) is 20.1 Å². The van der Waals surface area contributed by atoms with Crippen molar-refractivity contribution in [2.45, 2.75) is 87.6 Å². The van der Waals surface area contributed by atoms with Crippen molar-refractivity contribution >= 4 is 17.7 Å². The van der Waals surface area contributed by atoms with E-state index in [0.717, 1.165) is 12.8 Å². The molecule has 196 valence electrons. The Hall–Kier alpha value is -1.20. The van der Waals surface area contributed by atoms with Crippen molar-refractivity contribution in [3.63, 3.8) is 0 Å². The van der Waals surface area contributed by atoms with Crippen LogP contribution in [-0.4, -0.2) is 88.7 Å². The van der Waals surface area contributed by atoms with Gasteiger partial charge in [-0.3, -0.25) is 4.79 Å². The Bertz CT molecular complexity index is 853. The van der Waals surface area contributed by atoms with Crippen molar-refractivity contribution in [1.29, 1.82) is 0 Å². The number of aryl methyl sites for hydroxylation is 1. The van der Waals surface area contributed by atoms with Crippen LogP contribution < -0.4 is 10.6 Å². The number of hydrogen-bond acceptors (Lipinski definition) is 8. The second kappa shape index (κ2) is 11.5. The first-order valence-electron chi connectivity index (χ1n) is 12.7. The van der Waals surface area contributed by atoms with E-state index < -0.39 is 41.9 Å². The van der Waals surface area contributed by atoms with Crippen molar-refractivity contribution in [1.82, 2.24) is 10.6 Å². The summed E-state index contributed by atoms with van der Waals surface area (Å²) in [5.41, 5.74) is 1.88. The Morgan fingerprint density at radius 2 is 1.86 bits per heavy atom. The summed E-state index contributed by atoms with van der Waals surface area (Å²) < 4.78 is 12.2. The fourth-order valence-corrected chi connectivity index (χ4v) is 6.37. The van der Waals surface area contributed by atoms with E-state index in [2.05, 4.69) is 41.8 Å². The number of aliphatic hydroxyl groups is 3. The van der Waals surface area contributed by atoms with Crippen LogP contribution in [0.4, 0.5) is 0 Å². The third-order valence-electron chi connectivity index (χ3n) is 7.81. The molecule has 0 aliphatic carbocycles. The van der Waals surface area contributed by atoms with Gasteiger partial charge in [0.15, 0.2) is 0 Å². The number of carbonyl (C=O) groups excluding carboxylic acids is 1. The molecule has 3 fully saturated rings. The fourth-order valence-electron chi connectivity index (χ4n) is 5.69. The quantitative estimate of drug-likeness (QED) is 0.388. The zero-order valence-electron chi connectivity index (χ0n) is 21.0. The maximum absolute atomic E-state index is 13.5. The third kappa shape index (κ3) is 5.71. The highest BCUT2D eigenvalue weighted by Gasteiger charge is 2.49. The van der Waals surface area contributed by atoms with E-state index in [1.54, 1.807) is 6.26 Å². The molecule has 10 atom stereocenters. The minimum atomic E-state index is -1.35. The van der Waals surface area contributed by atoms with Gasteiger partial charge in [0.05, 0.1) is 12.1 Å². The van der Waals surface area contributed by atoms with Gasteiger partial charge in [0.25, 0.3) is 0 Å².